The van der Waals surface area contributed by atoms with Gasteiger partial charge in [-0.1, -0.05) is 23.2 Å². The first-order chi connectivity index (χ1) is 9.25. The number of nitrogens with one attached hydrogen (secondary N) is 1. The van der Waals surface area contributed by atoms with Crippen LogP contribution in [0.5, 0.6) is 0 Å². The first-order valence-electron chi connectivity index (χ1n) is 6.44. The Balaban J connectivity index is 2.55. The Morgan fingerprint density at radius 2 is 2.00 bits per heavy atom. The van der Waals surface area contributed by atoms with Crippen molar-refractivity contribution in [2.24, 2.45) is 0 Å². The van der Waals surface area contributed by atoms with Crippen LogP contribution in [0, 0.1) is 13.8 Å². The van der Waals surface area contributed by atoms with Gasteiger partial charge in [0, 0.05) is 30.7 Å². The molecule has 0 spiro atoms. The molecule has 112 valence electrons. The Bertz CT molecular complexity index is 605. The van der Waals surface area contributed by atoms with Gasteiger partial charge in [-0.05, 0) is 38.0 Å². The minimum Gasteiger partial charge on any atom is -0.312 e. The molecule has 0 bridgehead atoms. The van der Waals surface area contributed by atoms with E-state index in [-0.39, 0.29) is 16.0 Å². The SMILES string of the molecule is Cc1cc(Cl)c(C)c(S(=O)(=O)N2CCN[C@@H](C)C2)c1Cl. The fourth-order valence-electron chi connectivity index (χ4n) is 2.36. The molecular formula is C13H18Cl2N2O2S. The van der Waals surface area contributed by atoms with Gasteiger partial charge in [0.05, 0.1) is 5.02 Å². The maximum absolute atomic E-state index is 12.8. The fourth-order valence-corrected chi connectivity index (χ4v) is 5.06. The van der Waals surface area contributed by atoms with Crippen LogP contribution < -0.4 is 5.32 Å². The lowest BCUT2D eigenvalue weighted by Gasteiger charge is -2.31. The van der Waals surface area contributed by atoms with Crippen LogP contribution in [-0.4, -0.2) is 38.4 Å². The molecule has 0 radical (unpaired) electrons. The maximum Gasteiger partial charge on any atom is 0.244 e. The van der Waals surface area contributed by atoms with Crippen LogP contribution in [0.4, 0.5) is 0 Å². The highest BCUT2D eigenvalue weighted by atomic mass is 35.5. The Hall–Kier alpha value is -0.330. The first-order valence-corrected chi connectivity index (χ1v) is 8.63. The van der Waals surface area contributed by atoms with Crippen molar-refractivity contribution >= 4 is 33.2 Å². The standard InChI is InChI=1S/C13H18Cl2N2O2S/c1-8-6-11(14)10(3)13(12(8)15)20(18,19)17-5-4-16-9(2)7-17/h6,9,16H,4-5,7H2,1-3H3/t9-/m0/s1. The minimum atomic E-state index is -3.62. The number of hydrogen-bond acceptors (Lipinski definition) is 3. The van der Waals surface area contributed by atoms with Crippen molar-refractivity contribution in [3.05, 3.63) is 27.2 Å². The van der Waals surface area contributed by atoms with E-state index >= 15 is 0 Å². The van der Waals surface area contributed by atoms with Gasteiger partial charge in [0.15, 0.2) is 0 Å². The summed E-state index contributed by atoms with van der Waals surface area (Å²) in [7, 11) is -3.62. The number of aryl methyl sites for hydroxylation is 1. The zero-order valence-corrected chi connectivity index (χ0v) is 14.0. The Labute approximate surface area is 130 Å². The van der Waals surface area contributed by atoms with Gasteiger partial charge in [-0.25, -0.2) is 8.42 Å². The molecule has 1 aromatic rings. The third-order valence-corrected chi connectivity index (χ3v) is 6.55. The predicted molar refractivity (Wildman–Crippen MR) is 82.2 cm³/mol. The molecule has 0 saturated carbocycles. The van der Waals surface area contributed by atoms with E-state index in [0.717, 1.165) is 0 Å². The number of rotatable bonds is 2. The molecule has 1 aromatic carbocycles. The van der Waals surface area contributed by atoms with Crippen LogP contribution in [0.25, 0.3) is 0 Å². The lowest BCUT2D eigenvalue weighted by molar-refractivity contribution is 0.310. The van der Waals surface area contributed by atoms with E-state index < -0.39 is 10.0 Å². The van der Waals surface area contributed by atoms with Crippen LogP contribution in [0.3, 0.4) is 0 Å². The molecule has 1 N–H and O–H groups in total. The highest BCUT2D eigenvalue weighted by Gasteiger charge is 2.32. The number of halogens is 2. The molecule has 1 heterocycles. The van der Waals surface area contributed by atoms with E-state index in [1.807, 2.05) is 6.92 Å². The second kappa shape index (κ2) is 5.81. The van der Waals surface area contributed by atoms with E-state index in [9.17, 15) is 8.42 Å². The third-order valence-electron chi connectivity index (χ3n) is 3.52. The largest absolute Gasteiger partial charge is 0.312 e. The number of benzene rings is 1. The Morgan fingerprint density at radius 1 is 1.35 bits per heavy atom. The van der Waals surface area contributed by atoms with Crippen molar-refractivity contribution in [2.45, 2.75) is 31.7 Å². The number of nitrogens with zero attached hydrogens (tertiary/aromatic N) is 1. The summed E-state index contributed by atoms with van der Waals surface area (Å²) in [6.45, 7) is 6.91. The van der Waals surface area contributed by atoms with Crippen molar-refractivity contribution < 1.29 is 8.42 Å². The average Bonchev–Trinajstić information content (AvgIpc) is 2.36. The van der Waals surface area contributed by atoms with Gasteiger partial charge in [-0.3, -0.25) is 0 Å². The summed E-state index contributed by atoms with van der Waals surface area (Å²) in [6.07, 6.45) is 0. The number of hydrogen-bond donors (Lipinski definition) is 1. The van der Waals surface area contributed by atoms with Gasteiger partial charge in [-0.2, -0.15) is 4.31 Å². The van der Waals surface area contributed by atoms with Crippen LogP contribution in [0.15, 0.2) is 11.0 Å². The molecule has 1 aliphatic rings. The van der Waals surface area contributed by atoms with E-state index in [1.54, 1.807) is 19.9 Å². The molecule has 1 atom stereocenters. The smallest absolute Gasteiger partial charge is 0.244 e. The third kappa shape index (κ3) is 2.83. The van der Waals surface area contributed by atoms with Crippen LogP contribution >= 0.6 is 23.2 Å². The maximum atomic E-state index is 12.8. The highest BCUT2D eigenvalue weighted by molar-refractivity contribution is 7.89. The van der Waals surface area contributed by atoms with E-state index in [0.29, 0.717) is 35.8 Å². The minimum absolute atomic E-state index is 0.123. The molecule has 7 heteroatoms. The van der Waals surface area contributed by atoms with Gasteiger partial charge >= 0.3 is 0 Å². The van der Waals surface area contributed by atoms with Crippen LogP contribution in [0.2, 0.25) is 10.0 Å². The number of sulfonamides is 1. The Morgan fingerprint density at radius 3 is 2.60 bits per heavy atom. The van der Waals surface area contributed by atoms with Gasteiger partial charge in [0.25, 0.3) is 0 Å². The van der Waals surface area contributed by atoms with Crippen molar-refractivity contribution in [1.82, 2.24) is 9.62 Å². The van der Waals surface area contributed by atoms with Gasteiger partial charge in [0.2, 0.25) is 10.0 Å². The number of piperazine rings is 1. The molecule has 0 aromatic heterocycles. The molecule has 1 fully saturated rings. The van der Waals surface area contributed by atoms with Crippen molar-refractivity contribution in [3.63, 3.8) is 0 Å². The van der Waals surface area contributed by atoms with Crippen molar-refractivity contribution in [1.29, 1.82) is 0 Å². The van der Waals surface area contributed by atoms with E-state index in [2.05, 4.69) is 5.32 Å². The fraction of sp³-hybridized carbons (Fsp3) is 0.538. The summed E-state index contributed by atoms with van der Waals surface area (Å²) in [5.41, 5.74) is 1.18. The topological polar surface area (TPSA) is 49.4 Å². The van der Waals surface area contributed by atoms with Crippen molar-refractivity contribution in [3.8, 4) is 0 Å². The molecule has 2 rings (SSSR count). The Kier molecular flexibility index (Phi) is 4.66. The normalized spacial score (nSPS) is 21.1. The summed E-state index contributed by atoms with van der Waals surface area (Å²) < 4.78 is 27.1. The molecule has 0 unspecified atom stereocenters. The molecule has 1 aliphatic heterocycles. The van der Waals surface area contributed by atoms with Gasteiger partial charge in [-0.15, -0.1) is 0 Å². The van der Waals surface area contributed by atoms with E-state index in [1.165, 1.54) is 4.31 Å². The lowest BCUT2D eigenvalue weighted by atomic mass is 10.2. The van der Waals surface area contributed by atoms with Gasteiger partial charge < -0.3 is 5.32 Å². The molecule has 1 saturated heterocycles. The second-order valence-electron chi connectivity index (χ2n) is 5.16. The van der Waals surface area contributed by atoms with Crippen LogP contribution in [-0.2, 0) is 10.0 Å². The highest BCUT2D eigenvalue weighted by Crippen LogP contribution is 2.35. The second-order valence-corrected chi connectivity index (χ2v) is 7.82. The molecule has 4 nitrogen and oxygen atoms in total. The predicted octanol–water partition coefficient (Wildman–Crippen LogP) is 2.59. The zero-order chi connectivity index (χ0) is 15.1. The van der Waals surface area contributed by atoms with E-state index in [4.69, 9.17) is 23.2 Å². The molecule has 0 aliphatic carbocycles. The first kappa shape index (κ1) is 16.0. The summed E-state index contributed by atoms with van der Waals surface area (Å²) >= 11 is 12.3. The molecule has 20 heavy (non-hydrogen) atoms. The average molecular weight is 337 g/mol. The zero-order valence-electron chi connectivity index (χ0n) is 11.7. The monoisotopic (exact) mass is 336 g/mol. The van der Waals surface area contributed by atoms with Crippen molar-refractivity contribution in [2.75, 3.05) is 19.6 Å². The molecule has 0 amide bonds. The summed E-state index contributed by atoms with van der Waals surface area (Å²) in [6, 6.07) is 1.82. The quantitative estimate of drug-likeness (QED) is 0.902. The van der Waals surface area contributed by atoms with Crippen LogP contribution in [0.1, 0.15) is 18.1 Å². The summed E-state index contributed by atoms with van der Waals surface area (Å²) in [5, 5.41) is 3.91. The molecular weight excluding hydrogens is 319 g/mol. The lowest BCUT2D eigenvalue weighted by Crippen LogP contribution is -2.51. The summed E-state index contributed by atoms with van der Waals surface area (Å²) in [5.74, 6) is 0. The van der Waals surface area contributed by atoms with Gasteiger partial charge in [0.1, 0.15) is 4.90 Å². The summed E-state index contributed by atoms with van der Waals surface area (Å²) in [4.78, 5) is 0.137.